The van der Waals surface area contributed by atoms with Gasteiger partial charge < -0.3 is 10.1 Å². The predicted molar refractivity (Wildman–Crippen MR) is 107 cm³/mol. The van der Waals surface area contributed by atoms with E-state index in [1.54, 1.807) is 11.4 Å². The van der Waals surface area contributed by atoms with Crippen LogP contribution in [0.2, 0.25) is 5.02 Å². The Morgan fingerprint density at radius 1 is 1.28 bits per heavy atom. The summed E-state index contributed by atoms with van der Waals surface area (Å²) in [6.45, 7) is 0.222. The van der Waals surface area contributed by atoms with Gasteiger partial charge in [-0.05, 0) is 42.5 Å². The van der Waals surface area contributed by atoms with Crippen LogP contribution in [0.4, 0.5) is 5.00 Å². The van der Waals surface area contributed by atoms with Crippen LogP contribution in [0.5, 0.6) is 0 Å². The molecule has 3 rings (SSSR count). The van der Waals surface area contributed by atoms with Crippen LogP contribution in [0.1, 0.15) is 28.8 Å². The number of nitriles is 1. The monoisotopic (exact) mass is 453 g/mol. The molecule has 0 radical (unpaired) electrons. The minimum atomic E-state index is -3.81. The van der Waals surface area contributed by atoms with E-state index in [0.29, 0.717) is 23.7 Å². The number of benzene rings is 1. The van der Waals surface area contributed by atoms with Crippen molar-refractivity contribution in [2.75, 3.05) is 25.0 Å². The summed E-state index contributed by atoms with van der Waals surface area (Å²) in [5.41, 5.74) is 0.276. The highest BCUT2D eigenvalue weighted by Crippen LogP contribution is 2.28. The lowest BCUT2D eigenvalue weighted by molar-refractivity contribution is -0.119. The molecule has 1 aliphatic heterocycles. The molecule has 11 heteroatoms. The van der Waals surface area contributed by atoms with Crippen LogP contribution in [0.15, 0.2) is 34.5 Å². The second-order valence-electron chi connectivity index (χ2n) is 6.16. The van der Waals surface area contributed by atoms with Crippen molar-refractivity contribution in [3.63, 3.8) is 0 Å². The first-order valence-corrected chi connectivity index (χ1v) is 11.3. The molecule has 1 N–H and O–H groups in total. The summed E-state index contributed by atoms with van der Waals surface area (Å²) in [6.07, 6.45) is 1.54. The molecule has 1 saturated heterocycles. The Kier molecular flexibility index (Phi) is 6.54. The molecule has 2 heterocycles. The Balaban J connectivity index is 1.68. The van der Waals surface area contributed by atoms with Crippen molar-refractivity contribution in [3.8, 4) is 6.07 Å². The van der Waals surface area contributed by atoms with E-state index in [1.807, 2.05) is 6.07 Å². The van der Waals surface area contributed by atoms with E-state index < -0.39 is 28.5 Å². The summed E-state index contributed by atoms with van der Waals surface area (Å²) >= 11 is 7.22. The normalized spacial score (nSPS) is 14.3. The van der Waals surface area contributed by atoms with E-state index in [2.05, 4.69) is 5.32 Å². The lowest BCUT2D eigenvalue weighted by atomic mass is 10.2. The number of nitrogens with one attached hydrogen (secondary N) is 1. The lowest BCUT2D eigenvalue weighted by Crippen LogP contribution is -2.28. The highest BCUT2D eigenvalue weighted by Gasteiger charge is 2.30. The standard InChI is InChI=1S/C18H16ClN3O5S2/c19-14-4-3-12(9-15(14)29(25,26)22-6-1-2-7-22)18(24)27-11-16(23)21-17-13(10-20)5-8-28-17/h3-5,8-9H,1-2,6-7,11H2,(H,21,23). The number of anilines is 1. The third kappa shape index (κ3) is 4.76. The molecule has 152 valence electrons. The van der Waals surface area contributed by atoms with Crippen LogP contribution >= 0.6 is 22.9 Å². The van der Waals surface area contributed by atoms with Gasteiger partial charge in [0.25, 0.3) is 5.91 Å². The quantitative estimate of drug-likeness (QED) is 0.672. The highest BCUT2D eigenvalue weighted by atomic mass is 35.5. The number of rotatable bonds is 6. The zero-order valence-electron chi connectivity index (χ0n) is 15.1. The maximum Gasteiger partial charge on any atom is 0.338 e. The zero-order chi connectivity index (χ0) is 21.0. The lowest BCUT2D eigenvalue weighted by Gasteiger charge is -2.17. The molecule has 0 aliphatic carbocycles. The second-order valence-corrected chi connectivity index (χ2v) is 9.39. The minimum Gasteiger partial charge on any atom is -0.452 e. The van der Waals surface area contributed by atoms with E-state index in [-0.39, 0.29) is 15.5 Å². The zero-order valence-corrected chi connectivity index (χ0v) is 17.4. The van der Waals surface area contributed by atoms with Crippen molar-refractivity contribution < 1.29 is 22.7 Å². The fourth-order valence-electron chi connectivity index (χ4n) is 2.77. The van der Waals surface area contributed by atoms with Gasteiger partial charge in [0.15, 0.2) is 6.61 Å². The highest BCUT2D eigenvalue weighted by molar-refractivity contribution is 7.89. The summed E-state index contributed by atoms with van der Waals surface area (Å²) < 4.78 is 31.8. The van der Waals surface area contributed by atoms with Crippen molar-refractivity contribution in [2.24, 2.45) is 0 Å². The van der Waals surface area contributed by atoms with Gasteiger partial charge in [0.05, 0.1) is 16.1 Å². The van der Waals surface area contributed by atoms with Gasteiger partial charge in [-0.15, -0.1) is 11.3 Å². The number of thiophene rings is 1. The maximum atomic E-state index is 12.7. The smallest absolute Gasteiger partial charge is 0.338 e. The van der Waals surface area contributed by atoms with Crippen LogP contribution in [0.3, 0.4) is 0 Å². The number of sulfonamides is 1. The SMILES string of the molecule is N#Cc1ccsc1NC(=O)COC(=O)c1ccc(Cl)c(S(=O)(=O)N2CCCC2)c1. The van der Waals surface area contributed by atoms with Gasteiger partial charge in [-0.25, -0.2) is 13.2 Å². The van der Waals surface area contributed by atoms with Crippen molar-refractivity contribution in [2.45, 2.75) is 17.7 Å². The Morgan fingerprint density at radius 3 is 2.69 bits per heavy atom. The first-order chi connectivity index (χ1) is 13.8. The Hall–Kier alpha value is -2.45. The first-order valence-electron chi connectivity index (χ1n) is 8.57. The number of amides is 1. The van der Waals surface area contributed by atoms with E-state index >= 15 is 0 Å². The van der Waals surface area contributed by atoms with Crippen LogP contribution in [-0.2, 0) is 19.6 Å². The number of carbonyl (C=O) groups excluding carboxylic acids is 2. The van der Waals surface area contributed by atoms with Crippen LogP contribution in [0.25, 0.3) is 0 Å². The summed E-state index contributed by atoms with van der Waals surface area (Å²) in [4.78, 5) is 24.1. The number of carbonyl (C=O) groups is 2. The first kappa shape index (κ1) is 21.3. The molecular formula is C18H16ClN3O5S2. The minimum absolute atomic E-state index is 0.00733. The summed E-state index contributed by atoms with van der Waals surface area (Å²) in [6, 6.07) is 7.29. The average Bonchev–Trinajstić information content (AvgIpc) is 3.38. The largest absolute Gasteiger partial charge is 0.452 e. The maximum absolute atomic E-state index is 12.7. The van der Waals surface area contributed by atoms with Gasteiger partial charge in [0.1, 0.15) is 16.0 Å². The molecule has 29 heavy (non-hydrogen) atoms. The van der Waals surface area contributed by atoms with Crippen molar-refractivity contribution in [3.05, 3.63) is 45.8 Å². The van der Waals surface area contributed by atoms with Crippen LogP contribution in [0, 0.1) is 11.3 Å². The molecule has 1 fully saturated rings. The molecule has 0 bridgehead atoms. The van der Waals surface area contributed by atoms with Gasteiger partial charge in [0.2, 0.25) is 10.0 Å². The molecule has 0 spiro atoms. The summed E-state index contributed by atoms with van der Waals surface area (Å²) in [7, 11) is -3.81. The average molecular weight is 454 g/mol. The number of nitrogens with zero attached hydrogens (tertiary/aromatic N) is 2. The van der Waals surface area contributed by atoms with E-state index in [0.717, 1.165) is 18.9 Å². The molecule has 0 atom stereocenters. The van der Waals surface area contributed by atoms with E-state index in [4.69, 9.17) is 21.6 Å². The molecule has 2 aromatic rings. The third-order valence-electron chi connectivity index (χ3n) is 4.22. The number of halogens is 1. The second kappa shape index (κ2) is 8.92. The molecule has 0 unspecified atom stereocenters. The van der Waals surface area contributed by atoms with Crippen molar-refractivity contribution in [1.29, 1.82) is 5.26 Å². The van der Waals surface area contributed by atoms with Crippen molar-refractivity contribution >= 4 is 49.8 Å². The third-order valence-corrected chi connectivity index (χ3v) is 7.43. The molecule has 8 nitrogen and oxygen atoms in total. The van der Waals surface area contributed by atoms with Gasteiger partial charge >= 0.3 is 5.97 Å². The molecule has 1 aromatic carbocycles. The van der Waals surface area contributed by atoms with Gasteiger partial charge in [0, 0.05) is 13.1 Å². The molecule has 1 amide bonds. The Morgan fingerprint density at radius 2 is 2.00 bits per heavy atom. The van der Waals surface area contributed by atoms with Crippen LogP contribution in [-0.4, -0.2) is 44.3 Å². The Labute approximate surface area is 176 Å². The number of hydrogen-bond donors (Lipinski definition) is 1. The Bertz CT molecular complexity index is 1090. The number of hydrogen-bond acceptors (Lipinski definition) is 7. The van der Waals surface area contributed by atoms with Crippen LogP contribution < -0.4 is 5.32 Å². The topological polar surface area (TPSA) is 117 Å². The molecule has 0 saturated carbocycles. The fourth-order valence-corrected chi connectivity index (χ4v) is 5.54. The van der Waals surface area contributed by atoms with Gasteiger partial charge in [-0.1, -0.05) is 11.6 Å². The fraction of sp³-hybridized carbons (Fsp3) is 0.278. The van der Waals surface area contributed by atoms with E-state index in [9.17, 15) is 18.0 Å². The van der Waals surface area contributed by atoms with Gasteiger partial charge in [-0.2, -0.15) is 9.57 Å². The predicted octanol–water partition coefficient (Wildman–Crippen LogP) is 2.85. The van der Waals surface area contributed by atoms with Gasteiger partial charge in [-0.3, -0.25) is 4.79 Å². The number of esters is 1. The summed E-state index contributed by atoms with van der Waals surface area (Å²) in [5.74, 6) is -1.47. The molecular weight excluding hydrogens is 438 g/mol. The molecule has 1 aromatic heterocycles. The number of ether oxygens (including phenoxy) is 1. The summed E-state index contributed by atoms with van der Waals surface area (Å²) in [5, 5.41) is 13.4. The van der Waals surface area contributed by atoms with Crippen molar-refractivity contribution in [1.82, 2.24) is 4.31 Å². The molecule has 1 aliphatic rings. The van der Waals surface area contributed by atoms with E-state index in [1.165, 1.54) is 27.8 Å².